The molecule has 1 N–H and O–H groups in total. The van der Waals surface area contributed by atoms with Crippen LogP contribution < -0.4 is 4.74 Å². The van der Waals surface area contributed by atoms with Crippen LogP contribution in [0.25, 0.3) is 0 Å². The molecule has 1 aliphatic carbocycles. The number of rotatable bonds is 8. The highest BCUT2D eigenvalue weighted by molar-refractivity contribution is 5.96. The number of ketones is 1. The van der Waals surface area contributed by atoms with Gasteiger partial charge in [-0.05, 0) is 31.9 Å². The van der Waals surface area contributed by atoms with Gasteiger partial charge in [0.15, 0.2) is 5.78 Å². The highest BCUT2D eigenvalue weighted by Crippen LogP contribution is 2.24. The summed E-state index contributed by atoms with van der Waals surface area (Å²) in [6, 6.07) is 7.93. The molecule has 20 heavy (non-hydrogen) atoms. The molecule has 0 aromatic heterocycles. The van der Waals surface area contributed by atoms with E-state index in [1.807, 2.05) is 18.2 Å². The minimum Gasteiger partial charge on any atom is -0.491 e. The second kappa shape index (κ2) is 7.41. The maximum absolute atomic E-state index is 11.5. The first kappa shape index (κ1) is 15.0. The van der Waals surface area contributed by atoms with Gasteiger partial charge in [-0.3, -0.25) is 9.69 Å². The standard InChI is InChI=1S/C16H23NO3/c1-13(19)15-7-2-3-8-16(15)20-12-10-17(9-11-18)14-5-4-6-14/h2-3,7-8,14,18H,4-6,9-12H2,1H3. The molecule has 0 amide bonds. The van der Waals surface area contributed by atoms with Crippen LogP contribution in [0.15, 0.2) is 24.3 Å². The van der Waals surface area contributed by atoms with Crippen molar-refractivity contribution < 1.29 is 14.6 Å². The van der Waals surface area contributed by atoms with E-state index in [0.717, 1.165) is 6.54 Å². The van der Waals surface area contributed by atoms with Gasteiger partial charge in [0, 0.05) is 19.1 Å². The van der Waals surface area contributed by atoms with Crippen molar-refractivity contribution in [1.29, 1.82) is 0 Å². The van der Waals surface area contributed by atoms with Crippen LogP contribution in [-0.2, 0) is 0 Å². The normalized spacial score (nSPS) is 15.2. The van der Waals surface area contributed by atoms with Crippen molar-refractivity contribution in [2.75, 3.05) is 26.3 Å². The fraction of sp³-hybridized carbons (Fsp3) is 0.562. The third-order valence-electron chi connectivity index (χ3n) is 3.88. The summed E-state index contributed by atoms with van der Waals surface area (Å²) in [5, 5.41) is 9.11. The van der Waals surface area contributed by atoms with Crippen LogP contribution in [0.3, 0.4) is 0 Å². The van der Waals surface area contributed by atoms with E-state index >= 15 is 0 Å². The fourth-order valence-corrected chi connectivity index (χ4v) is 2.51. The lowest BCUT2D eigenvalue weighted by molar-refractivity contribution is 0.0854. The first-order valence-corrected chi connectivity index (χ1v) is 7.30. The molecule has 110 valence electrons. The lowest BCUT2D eigenvalue weighted by Crippen LogP contribution is -2.43. The van der Waals surface area contributed by atoms with E-state index in [1.54, 1.807) is 13.0 Å². The van der Waals surface area contributed by atoms with Crippen molar-refractivity contribution in [3.8, 4) is 5.75 Å². The number of nitrogens with zero attached hydrogens (tertiary/aromatic N) is 1. The van der Waals surface area contributed by atoms with Crippen molar-refractivity contribution in [1.82, 2.24) is 4.90 Å². The Bertz CT molecular complexity index is 443. The van der Waals surface area contributed by atoms with Gasteiger partial charge in [-0.15, -0.1) is 0 Å². The lowest BCUT2D eigenvalue weighted by atomic mass is 9.91. The summed E-state index contributed by atoms with van der Waals surface area (Å²) in [6.07, 6.45) is 3.70. The van der Waals surface area contributed by atoms with Gasteiger partial charge >= 0.3 is 0 Å². The molecule has 1 aromatic rings. The van der Waals surface area contributed by atoms with E-state index in [2.05, 4.69) is 4.90 Å². The Morgan fingerprint density at radius 1 is 1.35 bits per heavy atom. The SMILES string of the molecule is CC(=O)c1ccccc1OCCN(CCO)C1CCC1. The number of carbonyl (C=O) groups excluding carboxylic acids is 1. The number of para-hydroxylation sites is 1. The van der Waals surface area contributed by atoms with Gasteiger partial charge in [-0.2, -0.15) is 0 Å². The van der Waals surface area contributed by atoms with Gasteiger partial charge < -0.3 is 9.84 Å². The number of hydrogen-bond acceptors (Lipinski definition) is 4. The minimum atomic E-state index is 0.0202. The summed E-state index contributed by atoms with van der Waals surface area (Å²) in [5.41, 5.74) is 0.629. The van der Waals surface area contributed by atoms with Crippen molar-refractivity contribution in [3.63, 3.8) is 0 Å². The van der Waals surface area contributed by atoms with Gasteiger partial charge in [0.05, 0.1) is 12.2 Å². The highest BCUT2D eigenvalue weighted by atomic mass is 16.5. The number of benzene rings is 1. The molecule has 0 aliphatic heterocycles. The molecule has 0 unspecified atom stereocenters. The Labute approximate surface area is 120 Å². The molecular formula is C16H23NO3. The summed E-state index contributed by atoms with van der Waals surface area (Å²) in [6.45, 7) is 3.76. The average molecular weight is 277 g/mol. The number of ether oxygens (including phenoxy) is 1. The van der Waals surface area contributed by atoms with Crippen LogP contribution in [0.2, 0.25) is 0 Å². The number of aliphatic hydroxyl groups excluding tert-OH is 1. The highest BCUT2D eigenvalue weighted by Gasteiger charge is 2.24. The third-order valence-corrected chi connectivity index (χ3v) is 3.88. The largest absolute Gasteiger partial charge is 0.491 e. The Kier molecular flexibility index (Phi) is 5.56. The number of carbonyl (C=O) groups is 1. The first-order valence-electron chi connectivity index (χ1n) is 7.30. The molecule has 0 spiro atoms. The van der Waals surface area contributed by atoms with Crippen molar-refractivity contribution in [2.24, 2.45) is 0 Å². The van der Waals surface area contributed by atoms with Gasteiger partial charge in [0.25, 0.3) is 0 Å². The number of Topliss-reactive ketones (excluding diaryl/α,β-unsaturated/α-hetero) is 1. The summed E-state index contributed by atoms with van der Waals surface area (Å²) >= 11 is 0. The molecule has 1 saturated carbocycles. The Balaban J connectivity index is 1.86. The lowest BCUT2D eigenvalue weighted by Gasteiger charge is -2.37. The Morgan fingerprint density at radius 3 is 2.70 bits per heavy atom. The smallest absolute Gasteiger partial charge is 0.163 e. The van der Waals surface area contributed by atoms with Crippen molar-refractivity contribution in [2.45, 2.75) is 32.2 Å². The minimum absolute atomic E-state index is 0.0202. The molecule has 1 fully saturated rings. The summed E-state index contributed by atoms with van der Waals surface area (Å²) in [7, 11) is 0. The quantitative estimate of drug-likeness (QED) is 0.739. The third kappa shape index (κ3) is 3.81. The molecule has 0 bridgehead atoms. The van der Waals surface area contributed by atoms with Crippen LogP contribution in [0, 0.1) is 0 Å². The van der Waals surface area contributed by atoms with Gasteiger partial charge in [0.2, 0.25) is 0 Å². The second-order valence-corrected chi connectivity index (χ2v) is 5.25. The Hall–Kier alpha value is -1.39. The zero-order valence-corrected chi connectivity index (χ0v) is 12.0. The van der Waals surface area contributed by atoms with Crippen LogP contribution in [0.1, 0.15) is 36.5 Å². The zero-order chi connectivity index (χ0) is 14.4. The topological polar surface area (TPSA) is 49.8 Å². The molecule has 2 rings (SSSR count). The van der Waals surface area contributed by atoms with E-state index < -0.39 is 0 Å². The maximum atomic E-state index is 11.5. The molecular weight excluding hydrogens is 254 g/mol. The van der Waals surface area contributed by atoms with E-state index in [-0.39, 0.29) is 12.4 Å². The van der Waals surface area contributed by atoms with Gasteiger partial charge in [-0.1, -0.05) is 18.6 Å². The molecule has 4 nitrogen and oxygen atoms in total. The molecule has 4 heteroatoms. The monoisotopic (exact) mass is 277 g/mol. The first-order chi connectivity index (χ1) is 9.72. The van der Waals surface area contributed by atoms with E-state index in [0.29, 0.717) is 30.5 Å². The molecule has 0 radical (unpaired) electrons. The van der Waals surface area contributed by atoms with Gasteiger partial charge in [0.1, 0.15) is 12.4 Å². The van der Waals surface area contributed by atoms with Crippen LogP contribution in [0.4, 0.5) is 0 Å². The summed E-state index contributed by atoms with van der Waals surface area (Å²) in [5.74, 6) is 0.671. The predicted molar refractivity (Wildman–Crippen MR) is 78.2 cm³/mol. The van der Waals surface area contributed by atoms with Crippen molar-refractivity contribution >= 4 is 5.78 Å². The molecule has 1 aromatic carbocycles. The average Bonchev–Trinajstić information content (AvgIpc) is 2.37. The molecule has 0 heterocycles. The Morgan fingerprint density at radius 2 is 2.10 bits per heavy atom. The molecule has 0 saturated heterocycles. The van der Waals surface area contributed by atoms with Crippen LogP contribution in [-0.4, -0.2) is 48.1 Å². The van der Waals surface area contributed by atoms with Gasteiger partial charge in [-0.25, -0.2) is 0 Å². The van der Waals surface area contributed by atoms with E-state index in [1.165, 1.54) is 19.3 Å². The fourth-order valence-electron chi connectivity index (χ4n) is 2.51. The maximum Gasteiger partial charge on any atom is 0.163 e. The van der Waals surface area contributed by atoms with E-state index in [9.17, 15) is 4.79 Å². The second-order valence-electron chi connectivity index (χ2n) is 5.25. The molecule has 0 atom stereocenters. The summed E-state index contributed by atoms with van der Waals surface area (Å²) < 4.78 is 5.75. The van der Waals surface area contributed by atoms with Crippen LogP contribution >= 0.6 is 0 Å². The number of aliphatic hydroxyl groups is 1. The van der Waals surface area contributed by atoms with Crippen molar-refractivity contribution in [3.05, 3.63) is 29.8 Å². The predicted octanol–water partition coefficient (Wildman–Crippen LogP) is 2.11. The number of hydrogen-bond donors (Lipinski definition) is 1. The van der Waals surface area contributed by atoms with E-state index in [4.69, 9.17) is 9.84 Å². The molecule has 1 aliphatic rings. The van der Waals surface area contributed by atoms with Crippen LogP contribution in [0.5, 0.6) is 5.75 Å². The zero-order valence-electron chi connectivity index (χ0n) is 12.0. The summed E-state index contributed by atoms with van der Waals surface area (Å²) in [4.78, 5) is 13.8.